The Balaban J connectivity index is 0.000000534. The summed E-state index contributed by atoms with van der Waals surface area (Å²) < 4.78 is 67.6. The van der Waals surface area contributed by atoms with Gasteiger partial charge < -0.3 is 0 Å². The van der Waals surface area contributed by atoms with Crippen LogP contribution in [0.2, 0.25) is 0 Å². The van der Waals surface area contributed by atoms with Crippen molar-refractivity contribution in [2.75, 3.05) is 0 Å². The Labute approximate surface area is 164 Å². The molecule has 0 bridgehead atoms. The maximum absolute atomic E-state index is 10.7. The Hall–Kier alpha value is 1.36. The van der Waals surface area contributed by atoms with E-state index < -0.39 is 7.81 Å². The van der Waals surface area contributed by atoms with Crippen LogP contribution in [0.25, 0.3) is 0 Å². The number of nitrogens with zero attached hydrogens (tertiary/aromatic N) is 2. The van der Waals surface area contributed by atoms with Crippen molar-refractivity contribution in [1.29, 1.82) is 0 Å². The third-order valence-electron chi connectivity index (χ3n) is 1.83. The number of rotatable bonds is 3. The molecule has 14 heteroatoms. The third kappa shape index (κ3) is 10.3. The van der Waals surface area contributed by atoms with Gasteiger partial charge in [0.2, 0.25) is 9.21 Å². The monoisotopic (exact) mass is 672 g/mol. The van der Waals surface area contributed by atoms with Crippen molar-refractivity contribution in [3.05, 3.63) is 23.4 Å². The van der Waals surface area contributed by atoms with Gasteiger partial charge in [0.05, 0.1) is 6.54 Å². The van der Waals surface area contributed by atoms with E-state index in [9.17, 15) is 25.2 Å². The molecule has 0 aliphatic rings. The van der Waals surface area contributed by atoms with Gasteiger partial charge in [0.15, 0.2) is 0 Å². The molecule has 1 aromatic heterocycles. The van der Waals surface area contributed by atoms with Crippen LogP contribution in [0.1, 0.15) is 6.92 Å². The molecule has 1 heterocycles. The van der Waals surface area contributed by atoms with Crippen molar-refractivity contribution in [2.45, 2.75) is 20.0 Å². The van der Waals surface area contributed by atoms with E-state index in [-0.39, 0.29) is 0 Å². The van der Waals surface area contributed by atoms with Crippen molar-refractivity contribution in [3.8, 4) is 0 Å². The molecule has 0 saturated carbocycles. The zero-order valence-corrected chi connectivity index (χ0v) is 19.3. The van der Waals surface area contributed by atoms with Crippen molar-refractivity contribution in [3.63, 3.8) is 0 Å². The normalized spacial score (nSPS) is 15.7. The standard InChI is InChI=1S/C8H8Br5N2.F6P/c1-2-14-6(11)7(12)15(8(14)13)4-5(10)3-9;1-7(2,3,4,5)6/h3H,2,4H2,1H3;/q+1;-1/b5-3-;. The van der Waals surface area contributed by atoms with Gasteiger partial charge in [-0.2, -0.15) is 0 Å². The number of halogens is 11. The predicted molar refractivity (Wildman–Crippen MR) is 92.9 cm³/mol. The second-order valence-corrected chi connectivity index (χ2v) is 9.30. The number of aromatic nitrogens is 2. The molecular weight excluding hydrogens is 669 g/mol. The zero-order valence-electron chi connectivity index (χ0n) is 10.5. The van der Waals surface area contributed by atoms with Gasteiger partial charge in [0, 0.05) is 52.3 Å². The minimum atomic E-state index is -10.7. The van der Waals surface area contributed by atoms with E-state index in [2.05, 4.69) is 95.7 Å². The van der Waals surface area contributed by atoms with Crippen LogP contribution in [0.4, 0.5) is 25.2 Å². The summed E-state index contributed by atoms with van der Waals surface area (Å²) in [6.07, 6.45) is 0. The summed E-state index contributed by atoms with van der Waals surface area (Å²) in [7, 11) is -10.7. The van der Waals surface area contributed by atoms with E-state index in [1.807, 2.05) is 4.99 Å². The maximum atomic E-state index is 9.87. The first-order valence-corrected chi connectivity index (χ1v) is 11.2. The van der Waals surface area contributed by atoms with Crippen molar-refractivity contribution in [2.24, 2.45) is 0 Å². The fourth-order valence-electron chi connectivity index (χ4n) is 1.12. The molecule has 0 saturated heterocycles. The molecule has 0 amide bonds. The first-order chi connectivity index (χ1) is 9.47. The van der Waals surface area contributed by atoms with Crippen LogP contribution >= 0.6 is 87.5 Å². The fraction of sp³-hybridized carbons (Fsp3) is 0.375. The van der Waals surface area contributed by atoms with Gasteiger partial charge in [-0.3, -0.25) is 0 Å². The van der Waals surface area contributed by atoms with Crippen LogP contribution in [0.15, 0.2) is 23.4 Å². The van der Waals surface area contributed by atoms with Gasteiger partial charge >= 0.3 is 37.7 Å². The van der Waals surface area contributed by atoms with Gasteiger partial charge in [-0.1, -0.05) is 31.9 Å². The van der Waals surface area contributed by atoms with Crippen molar-refractivity contribution >= 4 is 87.5 Å². The number of imidazole rings is 1. The summed E-state index contributed by atoms with van der Waals surface area (Å²) in [6.45, 7) is 3.77. The van der Waals surface area contributed by atoms with Crippen molar-refractivity contribution in [1.82, 2.24) is 4.57 Å². The van der Waals surface area contributed by atoms with E-state index in [0.29, 0.717) is 0 Å². The van der Waals surface area contributed by atoms with Crippen molar-refractivity contribution < 1.29 is 29.7 Å². The fourth-order valence-corrected chi connectivity index (χ4v) is 3.86. The predicted octanol–water partition coefficient (Wildman–Crippen LogP) is 8.10. The Kier molecular flexibility index (Phi) is 7.76. The molecule has 22 heavy (non-hydrogen) atoms. The van der Waals surface area contributed by atoms with E-state index in [1.54, 1.807) is 0 Å². The molecule has 2 nitrogen and oxygen atoms in total. The van der Waals surface area contributed by atoms with Crippen LogP contribution < -0.4 is 4.57 Å². The van der Waals surface area contributed by atoms with Gasteiger partial charge in [0.1, 0.15) is 6.54 Å². The SMILES string of the molecule is CCn1c(Br)c(Br)[n+](C/C(Br)=C/Br)c1Br.F[P-](F)(F)(F)(F)F. The Morgan fingerprint density at radius 2 is 1.55 bits per heavy atom. The topological polar surface area (TPSA) is 8.81 Å². The third-order valence-corrected chi connectivity index (χ3v) is 6.48. The van der Waals surface area contributed by atoms with Gasteiger partial charge in [0.25, 0.3) is 0 Å². The second-order valence-electron chi connectivity index (χ2n) is 3.70. The first kappa shape index (κ1) is 23.4. The summed E-state index contributed by atoms with van der Waals surface area (Å²) in [5.74, 6) is 0. The summed E-state index contributed by atoms with van der Waals surface area (Å²) in [4.78, 5) is 1.86. The second kappa shape index (κ2) is 7.31. The number of hydrogen-bond acceptors (Lipinski definition) is 0. The van der Waals surface area contributed by atoms with Crippen LogP contribution in [0.3, 0.4) is 0 Å². The Bertz CT molecular complexity index is 570. The molecule has 0 spiro atoms. The molecule has 0 unspecified atom stereocenters. The average molecular weight is 677 g/mol. The van der Waals surface area contributed by atoms with E-state index in [0.717, 1.165) is 31.5 Å². The molecule has 0 aliphatic heterocycles. The zero-order chi connectivity index (χ0) is 18.0. The summed E-state index contributed by atoms with van der Waals surface area (Å²) in [5, 5.41) is 0. The molecule has 0 atom stereocenters. The molecular formula is C8H8Br5F6N2P. The number of hydrogen-bond donors (Lipinski definition) is 0. The molecule has 0 radical (unpaired) electrons. The minimum absolute atomic E-state index is 0.762. The Morgan fingerprint density at radius 1 is 1.14 bits per heavy atom. The molecule has 0 aromatic carbocycles. The molecule has 0 aliphatic carbocycles. The quantitative estimate of drug-likeness (QED) is 0.174. The van der Waals surface area contributed by atoms with Gasteiger partial charge in [-0.05, 0) is 11.9 Å². The molecule has 1 aromatic rings. The van der Waals surface area contributed by atoms with Gasteiger partial charge in [-0.25, -0.2) is 9.13 Å². The van der Waals surface area contributed by atoms with E-state index in [4.69, 9.17) is 0 Å². The summed E-state index contributed by atoms with van der Waals surface area (Å²) in [5.41, 5.74) is 0. The molecule has 1 rings (SSSR count). The van der Waals surface area contributed by atoms with Crippen LogP contribution in [-0.4, -0.2) is 4.57 Å². The molecule has 0 fully saturated rings. The summed E-state index contributed by atoms with van der Waals surface area (Å²) >= 11 is 17.4. The van der Waals surface area contributed by atoms with Crippen LogP contribution in [-0.2, 0) is 13.1 Å². The van der Waals surface area contributed by atoms with Crippen LogP contribution in [0.5, 0.6) is 0 Å². The van der Waals surface area contributed by atoms with Crippen LogP contribution in [0, 0.1) is 0 Å². The number of allylic oxidation sites excluding steroid dienone is 1. The molecule has 0 N–H and O–H groups in total. The first-order valence-electron chi connectivity index (χ1n) is 5.11. The average Bonchev–Trinajstić information content (AvgIpc) is 2.49. The van der Waals surface area contributed by atoms with Gasteiger partial charge in [-0.15, -0.1) is 0 Å². The van der Waals surface area contributed by atoms with E-state index in [1.165, 1.54) is 0 Å². The summed E-state index contributed by atoms with van der Waals surface area (Å²) in [6, 6.07) is 0. The van der Waals surface area contributed by atoms with E-state index >= 15 is 0 Å². The molecule has 132 valence electrons. The Morgan fingerprint density at radius 3 is 1.82 bits per heavy atom.